The number of halogens is 1. The van der Waals surface area contributed by atoms with Gasteiger partial charge in [0.2, 0.25) is 0 Å². The molecule has 27 heavy (non-hydrogen) atoms. The van der Waals surface area contributed by atoms with E-state index in [1.165, 1.54) is 11.1 Å². The van der Waals surface area contributed by atoms with Crippen molar-refractivity contribution >= 4 is 23.2 Å². The molecule has 1 amide bonds. The van der Waals surface area contributed by atoms with Gasteiger partial charge in [0.05, 0.1) is 0 Å². The van der Waals surface area contributed by atoms with Gasteiger partial charge in [0, 0.05) is 28.4 Å². The summed E-state index contributed by atoms with van der Waals surface area (Å²) in [6, 6.07) is 21.8. The van der Waals surface area contributed by atoms with E-state index in [-0.39, 0.29) is 12.1 Å². The summed E-state index contributed by atoms with van der Waals surface area (Å²) >= 11 is 6.35. The first-order chi connectivity index (χ1) is 13.0. The number of nitrogens with zero attached hydrogens (tertiary/aromatic N) is 1. The molecule has 4 heteroatoms. The molecule has 3 nitrogen and oxygen atoms in total. The summed E-state index contributed by atoms with van der Waals surface area (Å²) in [5.74, 6) is 0.0207. The van der Waals surface area contributed by atoms with Crippen molar-refractivity contribution in [2.75, 3.05) is 5.32 Å². The summed E-state index contributed by atoms with van der Waals surface area (Å²) < 4.78 is 0. The maximum atomic E-state index is 13.1. The first kappa shape index (κ1) is 17.6. The number of rotatable bonds is 4. The van der Waals surface area contributed by atoms with Crippen molar-refractivity contribution in [2.45, 2.75) is 26.6 Å². The fraction of sp³-hybridized carbons (Fsp3) is 0.174. The molecule has 0 aromatic heterocycles. The van der Waals surface area contributed by atoms with Gasteiger partial charge in [-0.05, 0) is 54.8 Å². The van der Waals surface area contributed by atoms with Crippen molar-refractivity contribution in [1.82, 2.24) is 4.90 Å². The predicted molar refractivity (Wildman–Crippen MR) is 110 cm³/mol. The van der Waals surface area contributed by atoms with Crippen molar-refractivity contribution in [3.05, 3.63) is 99.6 Å². The Labute approximate surface area is 164 Å². The zero-order chi connectivity index (χ0) is 19.0. The monoisotopic (exact) mass is 376 g/mol. The van der Waals surface area contributed by atoms with Crippen LogP contribution in [-0.2, 0) is 6.54 Å². The number of aryl methyl sites for hydroxylation is 2. The van der Waals surface area contributed by atoms with E-state index in [9.17, 15) is 4.79 Å². The van der Waals surface area contributed by atoms with Crippen LogP contribution in [0, 0.1) is 13.8 Å². The van der Waals surface area contributed by atoms with E-state index >= 15 is 0 Å². The molecule has 0 bridgehead atoms. The van der Waals surface area contributed by atoms with Crippen LogP contribution in [0.2, 0.25) is 5.02 Å². The van der Waals surface area contributed by atoms with Crippen LogP contribution < -0.4 is 5.32 Å². The highest BCUT2D eigenvalue weighted by molar-refractivity contribution is 6.31. The molecule has 136 valence electrons. The lowest BCUT2D eigenvalue weighted by Gasteiger charge is -2.28. The molecular weight excluding hydrogens is 356 g/mol. The molecule has 0 saturated heterocycles. The number of hydrogen-bond donors (Lipinski definition) is 1. The topological polar surface area (TPSA) is 32.3 Å². The third kappa shape index (κ3) is 3.43. The Morgan fingerprint density at radius 1 is 0.963 bits per heavy atom. The molecule has 0 aliphatic carbocycles. The molecule has 3 aromatic carbocycles. The van der Waals surface area contributed by atoms with Crippen LogP contribution in [0.5, 0.6) is 0 Å². The lowest BCUT2D eigenvalue weighted by atomic mass is 10.1. The molecule has 0 fully saturated rings. The zero-order valence-corrected chi connectivity index (χ0v) is 16.1. The molecule has 3 aromatic rings. The average molecular weight is 377 g/mol. The molecule has 0 saturated carbocycles. The minimum absolute atomic E-state index is 0.0207. The maximum Gasteiger partial charge on any atom is 0.256 e. The second-order valence-corrected chi connectivity index (χ2v) is 7.44. The van der Waals surface area contributed by atoms with Crippen molar-refractivity contribution in [1.29, 1.82) is 0 Å². The van der Waals surface area contributed by atoms with E-state index in [0.717, 1.165) is 22.4 Å². The molecule has 4 rings (SSSR count). The third-order valence-corrected chi connectivity index (χ3v) is 5.25. The smallest absolute Gasteiger partial charge is 0.256 e. The standard InChI is InChI=1S/C23H21ClN2O/c1-15-11-16(2)13-18(12-15)25-22-19-8-4-5-9-20(19)23(27)26(22)14-17-7-3-6-10-21(17)24/h3-13,22,25H,14H2,1-2H3/t22-/m0/s1. The Hall–Kier alpha value is -2.78. The van der Waals surface area contributed by atoms with E-state index in [2.05, 4.69) is 37.4 Å². The molecule has 0 unspecified atom stereocenters. The van der Waals surface area contributed by atoms with Gasteiger partial charge in [-0.1, -0.05) is 54.1 Å². The summed E-state index contributed by atoms with van der Waals surface area (Å²) in [4.78, 5) is 14.9. The Balaban J connectivity index is 1.72. The van der Waals surface area contributed by atoms with Crippen LogP contribution in [0.4, 0.5) is 5.69 Å². The number of anilines is 1. The Kier molecular flexibility index (Phi) is 4.63. The Morgan fingerprint density at radius 2 is 1.63 bits per heavy atom. The number of amides is 1. The second kappa shape index (κ2) is 7.09. The van der Waals surface area contributed by atoms with Crippen molar-refractivity contribution in [3.8, 4) is 0 Å². The van der Waals surface area contributed by atoms with Gasteiger partial charge in [-0.3, -0.25) is 4.79 Å². The largest absolute Gasteiger partial charge is 0.361 e. The van der Waals surface area contributed by atoms with Crippen molar-refractivity contribution < 1.29 is 4.79 Å². The number of nitrogens with one attached hydrogen (secondary N) is 1. The van der Waals surface area contributed by atoms with Crippen LogP contribution in [0.15, 0.2) is 66.7 Å². The van der Waals surface area contributed by atoms with Gasteiger partial charge >= 0.3 is 0 Å². The first-order valence-corrected chi connectivity index (χ1v) is 9.39. The van der Waals surface area contributed by atoms with E-state index in [1.807, 2.05) is 53.4 Å². The minimum atomic E-state index is -0.230. The number of carbonyl (C=O) groups excluding carboxylic acids is 1. The Morgan fingerprint density at radius 3 is 2.37 bits per heavy atom. The average Bonchev–Trinajstić information content (AvgIpc) is 2.89. The van der Waals surface area contributed by atoms with Gasteiger partial charge in [0.15, 0.2) is 0 Å². The summed E-state index contributed by atoms with van der Waals surface area (Å²) in [6.45, 7) is 4.61. The second-order valence-electron chi connectivity index (χ2n) is 7.03. The molecule has 1 heterocycles. The van der Waals surface area contributed by atoms with Crippen LogP contribution >= 0.6 is 11.6 Å². The van der Waals surface area contributed by atoms with Gasteiger partial charge in [-0.15, -0.1) is 0 Å². The lowest BCUT2D eigenvalue weighted by molar-refractivity contribution is 0.0729. The highest BCUT2D eigenvalue weighted by atomic mass is 35.5. The van der Waals surface area contributed by atoms with Crippen LogP contribution in [0.1, 0.15) is 38.8 Å². The summed E-state index contributed by atoms with van der Waals surface area (Å²) in [6.07, 6.45) is -0.230. The van der Waals surface area contributed by atoms with Crippen LogP contribution in [0.3, 0.4) is 0 Å². The fourth-order valence-electron chi connectivity index (χ4n) is 3.71. The molecular formula is C23H21ClN2O. The van der Waals surface area contributed by atoms with Gasteiger partial charge in [0.25, 0.3) is 5.91 Å². The highest BCUT2D eigenvalue weighted by Crippen LogP contribution is 2.36. The number of carbonyl (C=O) groups is 1. The van der Waals surface area contributed by atoms with Crippen molar-refractivity contribution in [2.24, 2.45) is 0 Å². The van der Waals surface area contributed by atoms with Crippen LogP contribution in [0.25, 0.3) is 0 Å². The molecule has 0 radical (unpaired) electrons. The quantitative estimate of drug-likeness (QED) is 0.631. The fourth-order valence-corrected chi connectivity index (χ4v) is 3.91. The normalized spacial score (nSPS) is 15.7. The SMILES string of the molecule is Cc1cc(C)cc(N[C@@H]2c3ccccc3C(=O)N2Cc2ccccc2Cl)c1. The predicted octanol–water partition coefficient (Wildman–Crippen LogP) is 5.72. The van der Waals surface area contributed by atoms with Gasteiger partial charge < -0.3 is 10.2 Å². The first-order valence-electron chi connectivity index (χ1n) is 9.01. The van der Waals surface area contributed by atoms with Crippen molar-refractivity contribution in [3.63, 3.8) is 0 Å². The molecule has 0 spiro atoms. The number of fused-ring (bicyclic) bond motifs is 1. The maximum absolute atomic E-state index is 13.1. The van der Waals surface area contributed by atoms with Gasteiger partial charge in [-0.2, -0.15) is 0 Å². The van der Waals surface area contributed by atoms with Gasteiger partial charge in [0.1, 0.15) is 6.17 Å². The zero-order valence-electron chi connectivity index (χ0n) is 15.4. The van der Waals surface area contributed by atoms with Crippen LogP contribution in [-0.4, -0.2) is 10.8 Å². The summed E-state index contributed by atoms with van der Waals surface area (Å²) in [7, 11) is 0. The van der Waals surface area contributed by atoms with E-state index in [0.29, 0.717) is 11.6 Å². The summed E-state index contributed by atoms with van der Waals surface area (Å²) in [5.41, 5.74) is 6.05. The minimum Gasteiger partial charge on any atom is -0.361 e. The number of hydrogen-bond acceptors (Lipinski definition) is 2. The lowest BCUT2D eigenvalue weighted by Crippen LogP contribution is -2.32. The molecule has 1 atom stereocenters. The molecule has 1 aliphatic rings. The number of benzene rings is 3. The highest BCUT2D eigenvalue weighted by Gasteiger charge is 2.36. The van der Waals surface area contributed by atoms with E-state index in [1.54, 1.807) is 0 Å². The molecule has 1 aliphatic heterocycles. The summed E-state index contributed by atoms with van der Waals surface area (Å²) in [5, 5.41) is 4.23. The Bertz CT molecular complexity index is 995. The van der Waals surface area contributed by atoms with Gasteiger partial charge in [-0.25, -0.2) is 0 Å². The third-order valence-electron chi connectivity index (χ3n) is 4.88. The van der Waals surface area contributed by atoms with E-state index in [4.69, 9.17) is 11.6 Å². The molecule has 1 N–H and O–H groups in total. The van der Waals surface area contributed by atoms with E-state index < -0.39 is 0 Å².